The molecule has 6 aromatic carbocycles. The summed E-state index contributed by atoms with van der Waals surface area (Å²) >= 11 is 0. The lowest BCUT2D eigenvalue weighted by molar-refractivity contribution is -0.333. The third-order valence-corrected chi connectivity index (χ3v) is 24.4. The van der Waals surface area contributed by atoms with E-state index in [4.69, 9.17) is 89.4 Å². The normalized spacial score (nSPS) is 19.8. The molecule has 1 N–H and O–H groups in total. The van der Waals surface area contributed by atoms with Crippen LogP contribution in [0.25, 0.3) is 10.4 Å². The molecular weight excluding hydrogens is 1680 g/mol. The maximum atomic E-state index is 16.9. The fraction of sp³-hybridized carbons (Fsp3) is 0.578. The van der Waals surface area contributed by atoms with E-state index in [1.165, 1.54) is 77.0 Å². The molecule has 0 spiro atoms. The van der Waals surface area contributed by atoms with E-state index < -0.39 is 113 Å². The van der Waals surface area contributed by atoms with Crippen molar-refractivity contribution in [2.24, 2.45) is 5.11 Å². The summed E-state index contributed by atoms with van der Waals surface area (Å²) in [5.41, 5.74) is 14.9. The largest absolute Gasteiger partial charge is 0.497 e. The van der Waals surface area contributed by atoms with Crippen LogP contribution in [0, 0.1) is 11.3 Å². The van der Waals surface area contributed by atoms with Crippen LogP contribution in [0.4, 0.5) is 0 Å². The van der Waals surface area contributed by atoms with Crippen molar-refractivity contribution in [3.8, 4) is 40.6 Å². The van der Waals surface area contributed by atoms with Gasteiger partial charge in [-0.25, -0.2) is 4.57 Å². The molecule has 1 heterocycles. The molecule has 0 aromatic heterocycles. The van der Waals surface area contributed by atoms with Gasteiger partial charge >= 0.3 is 19.8 Å². The fourth-order valence-electron chi connectivity index (χ4n) is 15.3. The van der Waals surface area contributed by atoms with Crippen LogP contribution in [0.3, 0.4) is 0 Å². The van der Waals surface area contributed by atoms with E-state index in [1.54, 1.807) is 140 Å². The first-order valence-electron chi connectivity index (χ1n) is 46.7. The number of phosphoric ester groups is 1. The predicted molar refractivity (Wildman–Crippen MR) is 497 cm³/mol. The molecule has 0 amide bonds. The second-order valence-electron chi connectivity index (χ2n) is 32.8. The van der Waals surface area contributed by atoms with E-state index in [-0.39, 0.29) is 65.5 Å². The standard InChI is InChI=1S/C102H143N4O23P/c1-9-11-13-15-17-19-21-23-25-27-29-31-33-35-37-40-91(107)118-74-89(126-92(108)41-38-36-34-32-30-28-26-24-22-20-18-16-14-12-10-2)75-125-130(110,124-67-39-66-103)129-101-99(123-73-82-52-64-88(116-8)65-53-82)97(121-71-80-48-60-86(114-6)61-49-80)96(120-70-79-46-58-85(113-5)59-47-79)98(122-72-81-50-62-87(115-7)63-51-81)100(101)128-102-93(105-106-104)95(119-69-78-44-56-84(112-4)57-45-78)94(109)90(127-102)76-117-68-77-42-54-83(111-3)55-43-77/h23-26,42-65,89-90,93-102,109H,9-22,27-41,67-76H2,1-8H3/b25-23-,26-24-/t89-,90-,93-,94-,95-,96-,97-,98+,99-,100-,101-,102-,130?/m1/s1. The number of carbonyl (C=O) groups is 2. The van der Waals surface area contributed by atoms with Gasteiger partial charge in [-0.2, -0.15) is 5.26 Å². The Morgan fingerprint density at radius 3 is 1.15 bits per heavy atom. The molecule has 1 aliphatic heterocycles. The van der Waals surface area contributed by atoms with Crippen molar-refractivity contribution in [1.29, 1.82) is 5.26 Å². The summed E-state index contributed by atoms with van der Waals surface area (Å²) in [4.78, 5) is 31.6. The molecule has 1 saturated heterocycles. The minimum absolute atomic E-state index is 0.0102. The van der Waals surface area contributed by atoms with Crippen molar-refractivity contribution >= 4 is 19.8 Å². The lowest BCUT2D eigenvalue weighted by atomic mass is 9.83. The molecule has 714 valence electrons. The lowest BCUT2D eigenvalue weighted by Gasteiger charge is -2.51. The average molecular weight is 1820 g/mol. The molecule has 130 heavy (non-hydrogen) atoms. The van der Waals surface area contributed by atoms with E-state index in [0.29, 0.717) is 75.2 Å². The molecule has 27 nitrogen and oxygen atoms in total. The van der Waals surface area contributed by atoms with Crippen LogP contribution in [-0.4, -0.2) is 160 Å². The van der Waals surface area contributed by atoms with E-state index in [2.05, 4.69) is 54.2 Å². The first kappa shape index (κ1) is 106. The molecule has 8 rings (SSSR count). The van der Waals surface area contributed by atoms with Gasteiger partial charge in [0.2, 0.25) is 0 Å². The first-order chi connectivity index (χ1) is 63.7. The average Bonchev–Trinajstić information content (AvgIpc) is 0.746. The van der Waals surface area contributed by atoms with Crippen LogP contribution in [0.15, 0.2) is 175 Å². The highest BCUT2D eigenvalue weighted by molar-refractivity contribution is 7.48. The maximum absolute atomic E-state index is 16.9. The second kappa shape index (κ2) is 63.3. The summed E-state index contributed by atoms with van der Waals surface area (Å²) in [7, 11) is 3.99. The predicted octanol–water partition coefficient (Wildman–Crippen LogP) is 22.3. The number of esters is 2. The third kappa shape index (κ3) is 39.5. The number of ether oxygens (including phenoxy) is 16. The lowest BCUT2D eigenvalue weighted by Crippen LogP contribution is -2.69. The highest BCUT2D eigenvalue weighted by atomic mass is 31.2. The Kier molecular flexibility index (Phi) is 51.8. The number of carbonyl (C=O) groups excluding carboxylic acids is 2. The van der Waals surface area contributed by atoms with Crippen LogP contribution < -0.4 is 28.4 Å². The monoisotopic (exact) mass is 1820 g/mol. The van der Waals surface area contributed by atoms with Crippen molar-refractivity contribution in [1.82, 2.24) is 0 Å². The molecule has 13 atom stereocenters. The van der Waals surface area contributed by atoms with E-state index in [0.717, 1.165) is 82.6 Å². The van der Waals surface area contributed by atoms with Crippen LogP contribution in [-0.2, 0) is 115 Å². The second-order valence-corrected chi connectivity index (χ2v) is 34.5. The molecule has 2 aliphatic rings. The zero-order chi connectivity index (χ0) is 92.4. The minimum Gasteiger partial charge on any atom is -0.497 e. The number of nitriles is 1. The summed E-state index contributed by atoms with van der Waals surface area (Å²) in [6, 6.07) is 43.6. The number of aliphatic hydroxyl groups is 1. The highest BCUT2D eigenvalue weighted by Crippen LogP contribution is 2.54. The van der Waals surface area contributed by atoms with Gasteiger partial charge in [0.1, 0.15) is 96.0 Å². The Labute approximate surface area is 771 Å². The number of hydrogen-bond donors (Lipinski definition) is 1. The smallest absolute Gasteiger partial charge is 0.475 e. The molecule has 1 unspecified atom stereocenters. The van der Waals surface area contributed by atoms with E-state index in [9.17, 15) is 25.5 Å². The van der Waals surface area contributed by atoms with Gasteiger partial charge in [-0.15, -0.1) is 0 Å². The van der Waals surface area contributed by atoms with Gasteiger partial charge in [-0.1, -0.05) is 219 Å². The van der Waals surface area contributed by atoms with Crippen LogP contribution in [0.2, 0.25) is 0 Å². The molecule has 1 aliphatic carbocycles. The van der Waals surface area contributed by atoms with Crippen molar-refractivity contribution in [2.45, 2.75) is 313 Å². The summed E-state index contributed by atoms with van der Waals surface area (Å²) in [5, 5.41) is 27.4. The number of allylic oxidation sites excluding steroid dienone is 4. The highest BCUT2D eigenvalue weighted by Gasteiger charge is 2.60. The SMILES string of the molecule is CCCCCCCC/C=C\CCCCCCCC(=O)OC[C@H](COP(=O)(OCCC#N)O[C@@H]1[C@H](OCc2ccc(OC)cc2)[C@H](OCc2ccc(OC)cc2)[C@@H](OCc2ccc(OC)cc2)[C@H](OCc2ccc(OC)cc2)[C@H]1O[C@H]1O[C@H](COCc2ccc(OC)cc2)[C@@H](O)[C@H](OCc2ccc(OC)cc2)[C@H]1N=[N+]=[N-])OC(=O)CCCCCCC/C=C\CCCCCCCC. The number of azide groups is 1. The number of unbranched alkanes of at least 4 members (excludes halogenated alkanes) is 22. The zero-order valence-electron chi connectivity index (χ0n) is 77.8. The Hall–Kier alpha value is -8.91. The van der Waals surface area contributed by atoms with Gasteiger partial charge in [0.25, 0.3) is 0 Å². The molecule has 6 aromatic rings. The molecular formula is C102H143N4O23P. The van der Waals surface area contributed by atoms with Crippen molar-refractivity contribution in [3.05, 3.63) is 214 Å². The van der Waals surface area contributed by atoms with Crippen molar-refractivity contribution < 1.29 is 109 Å². The quantitative estimate of drug-likeness (QED) is 0.00705. The number of methoxy groups -OCH3 is 6. The Morgan fingerprint density at radius 2 is 0.785 bits per heavy atom. The summed E-state index contributed by atoms with van der Waals surface area (Å²) in [6.07, 6.45) is 19.8. The zero-order valence-corrected chi connectivity index (χ0v) is 78.7. The van der Waals surface area contributed by atoms with Gasteiger partial charge in [0.15, 0.2) is 12.4 Å². The maximum Gasteiger partial charge on any atom is 0.475 e. The van der Waals surface area contributed by atoms with Gasteiger partial charge in [-0.05, 0) is 176 Å². The number of aliphatic hydroxyl groups excluding tert-OH is 1. The number of phosphoric acid groups is 1. The van der Waals surface area contributed by atoms with Crippen LogP contribution >= 0.6 is 7.82 Å². The van der Waals surface area contributed by atoms with Gasteiger partial charge in [0, 0.05) is 17.8 Å². The van der Waals surface area contributed by atoms with Gasteiger partial charge < -0.3 is 80.9 Å². The molecule has 0 radical (unpaired) electrons. The molecule has 0 bridgehead atoms. The van der Waals surface area contributed by atoms with E-state index >= 15 is 4.57 Å². The summed E-state index contributed by atoms with van der Waals surface area (Å²) in [5.74, 6) is 2.31. The minimum atomic E-state index is -5.36. The van der Waals surface area contributed by atoms with Gasteiger partial charge in [0.05, 0.1) is 121 Å². The summed E-state index contributed by atoms with van der Waals surface area (Å²) in [6.45, 7) is 1.58. The molecule has 28 heteroatoms. The summed E-state index contributed by atoms with van der Waals surface area (Å²) < 4.78 is 140. The number of hydrogen-bond acceptors (Lipinski definition) is 25. The number of rotatable bonds is 69. The Balaban J connectivity index is 1.22. The van der Waals surface area contributed by atoms with E-state index in [1.807, 2.05) is 48.5 Å². The molecule has 2 fully saturated rings. The van der Waals surface area contributed by atoms with Crippen LogP contribution in [0.1, 0.15) is 233 Å². The third-order valence-electron chi connectivity index (χ3n) is 22.9. The molecule has 1 saturated carbocycles. The Morgan fingerprint density at radius 1 is 0.446 bits per heavy atom. The first-order valence-corrected chi connectivity index (χ1v) is 48.2. The van der Waals surface area contributed by atoms with Crippen LogP contribution in [0.5, 0.6) is 34.5 Å². The fourth-order valence-corrected chi connectivity index (χ4v) is 16.7. The Bertz CT molecular complexity index is 4250. The van der Waals surface area contributed by atoms with Gasteiger partial charge in [-0.3, -0.25) is 23.2 Å². The number of benzene rings is 6. The van der Waals surface area contributed by atoms with Crippen molar-refractivity contribution in [3.63, 3.8) is 0 Å². The topological polar surface area (TPSA) is 319 Å². The number of nitrogens with zero attached hydrogens (tertiary/aromatic N) is 4. The van der Waals surface area contributed by atoms with Crippen molar-refractivity contribution in [2.75, 3.05) is 69.1 Å².